The zero-order chi connectivity index (χ0) is 15.6. The zero-order valence-corrected chi connectivity index (χ0v) is 13.0. The molecule has 2 aliphatic heterocycles. The summed E-state index contributed by atoms with van der Waals surface area (Å²) in [7, 11) is 1.31. The molecule has 0 aromatic carbocycles. The van der Waals surface area contributed by atoms with Crippen LogP contribution in [0.3, 0.4) is 0 Å². The lowest BCUT2D eigenvalue weighted by atomic mass is 10.2. The number of likely N-dealkylation sites (tertiary alicyclic amines) is 1. The maximum absolute atomic E-state index is 12.2. The molecule has 0 aromatic rings. The summed E-state index contributed by atoms with van der Waals surface area (Å²) in [6.45, 7) is 6.87. The van der Waals surface area contributed by atoms with Gasteiger partial charge in [0.1, 0.15) is 17.7 Å². The van der Waals surface area contributed by atoms with E-state index in [1.165, 1.54) is 12.0 Å². The highest BCUT2D eigenvalue weighted by molar-refractivity contribution is 5.82. The molecule has 0 N–H and O–H groups in total. The molecule has 0 aromatic heterocycles. The molecule has 2 rings (SSSR count). The van der Waals surface area contributed by atoms with Gasteiger partial charge in [-0.2, -0.15) is 0 Å². The number of hydrogen-bond donors (Lipinski definition) is 0. The lowest BCUT2D eigenvalue weighted by Crippen LogP contribution is -2.44. The van der Waals surface area contributed by atoms with Crippen LogP contribution in [0.15, 0.2) is 0 Å². The van der Waals surface area contributed by atoms with E-state index in [0.29, 0.717) is 26.2 Å². The van der Waals surface area contributed by atoms with Crippen LogP contribution >= 0.6 is 0 Å². The number of rotatable bonds is 4. The molecular formula is C14H23NO6. The number of ether oxygens (including phenoxy) is 4. The molecule has 120 valence electrons. The van der Waals surface area contributed by atoms with Crippen molar-refractivity contribution >= 4 is 12.1 Å². The molecule has 0 bridgehead atoms. The Hall–Kier alpha value is -1.34. The maximum atomic E-state index is 12.2. The van der Waals surface area contributed by atoms with Crippen LogP contribution in [0.2, 0.25) is 0 Å². The summed E-state index contributed by atoms with van der Waals surface area (Å²) in [5.41, 5.74) is -0.613. The Morgan fingerprint density at radius 3 is 2.52 bits per heavy atom. The van der Waals surface area contributed by atoms with Crippen molar-refractivity contribution in [2.24, 2.45) is 0 Å². The third kappa shape index (κ3) is 4.57. The predicted molar refractivity (Wildman–Crippen MR) is 72.8 cm³/mol. The van der Waals surface area contributed by atoms with Gasteiger partial charge in [0, 0.05) is 6.42 Å². The highest BCUT2D eigenvalue weighted by atomic mass is 16.6. The summed E-state index contributed by atoms with van der Waals surface area (Å²) in [6.07, 6.45) is -0.159. The van der Waals surface area contributed by atoms with Gasteiger partial charge in [-0.15, -0.1) is 0 Å². The topological polar surface area (TPSA) is 77.6 Å². The average molecular weight is 301 g/mol. The van der Waals surface area contributed by atoms with Crippen molar-refractivity contribution in [2.75, 3.05) is 26.9 Å². The quantitative estimate of drug-likeness (QED) is 0.568. The van der Waals surface area contributed by atoms with Gasteiger partial charge in [-0.05, 0) is 20.8 Å². The second kappa shape index (κ2) is 6.19. The monoisotopic (exact) mass is 301 g/mol. The minimum atomic E-state index is -0.657. The van der Waals surface area contributed by atoms with Crippen molar-refractivity contribution < 1.29 is 28.5 Å². The molecule has 2 heterocycles. The highest BCUT2D eigenvalue weighted by Crippen LogP contribution is 2.25. The second-order valence-corrected chi connectivity index (χ2v) is 6.32. The molecule has 21 heavy (non-hydrogen) atoms. The van der Waals surface area contributed by atoms with E-state index in [4.69, 9.17) is 18.9 Å². The van der Waals surface area contributed by atoms with Crippen LogP contribution in [0.25, 0.3) is 0 Å². The number of carbonyl (C=O) groups is 2. The lowest BCUT2D eigenvalue weighted by Gasteiger charge is -2.27. The van der Waals surface area contributed by atoms with E-state index in [-0.39, 0.29) is 12.2 Å². The van der Waals surface area contributed by atoms with E-state index in [1.54, 1.807) is 20.8 Å². The Labute approximate surface area is 124 Å². The van der Waals surface area contributed by atoms with Crippen LogP contribution in [0.1, 0.15) is 27.2 Å². The first-order valence-electron chi connectivity index (χ1n) is 7.11. The van der Waals surface area contributed by atoms with Gasteiger partial charge in [-0.1, -0.05) is 0 Å². The molecule has 1 unspecified atom stereocenters. The number of epoxide rings is 1. The van der Waals surface area contributed by atoms with Gasteiger partial charge < -0.3 is 18.9 Å². The maximum Gasteiger partial charge on any atom is 0.411 e. The van der Waals surface area contributed by atoms with Crippen LogP contribution in [-0.2, 0) is 23.7 Å². The summed E-state index contributed by atoms with van der Waals surface area (Å²) in [5.74, 6) is -0.449. The molecule has 7 heteroatoms. The third-order valence-electron chi connectivity index (χ3n) is 3.28. The summed E-state index contributed by atoms with van der Waals surface area (Å²) in [6, 6.07) is -0.657. The Kier molecular flexibility index (Phi) is 4.73. The van der Waals surface area contributed by atoms with Gasteiger partial charge in [0.25, 0.3) is 0 Å². The molecule has 1 amide bonds. The van der Waals surface area contributed by atoms with Gasteiger partial charge >= 0.3 is 12.1 Å². The molecule has 2 saturated heterocycles. The fourth-order valence-electron chi connectivity index (χ4n) is 2.21. The predicted octanol–water partition coefficient (Wildman–Crippen LogP) is 0.953. The average Bonchev–Trinajstić information content (AvgIpc) is 3.11. The number of methoxy groups -OCH3 is 1. The van der Waals surface area contributed by atoms with Gasteiger partial charge in [0.05, 0.1) is 33.0 Å². The van der Waals surface area contributed by atoms with Gasteiger partial charge in [-0.3, -0.25) is 4.90 Å². The first-order chi connectivity index (χ1) is 9.80. The number of nitrogens with zero attached hydrogens (tertiary/aromatic N) is 1. The fraction of sp³-hybridized carbons (Fsp3) is 0.857. The smallest absolute Gasteiger partial charge is 0.411 e. The summed E-state index contributed by atoms with van der Waals surface area (Å²) < 4.78 is 20.9. The molecule has 0 spiro atoms. The SMILES string of the molecule is COC(=O)[C@H]1C[C@@H](OCC2CO2)CN1C(=O)OC(C)(C)C. The van der Waals surface area contributed by atoms with Crippen molar-refractivity contribution in [1.29, 1.82) is 0 Å². The fourth-order valence-corrected chi connectivity index (χ4v) is 2.21. The number of hydrogen-bond acceptors (Lipinski definition) is 6. The normalized spacial score (nSPS) is 28.4. The lowest BCUT2D eigenvalue weighted by molar-refractivity contribution is -0.145. The summed E-state index contributed by atoms with van der Waals surface area (Å²) in [4.78, 5) is 25.4. The Bertz CT molecular complexity index is 401. The van der Waals surface area contributed by atoms with E-state index in [2.05, 4.69) is 0 Å². The van der Waals surface area contributed by atoms with Crippen LogP contribution in [-0.4, -0.2) is 67.7 Å². The molecule has 7 nitrogen and oxygen atoms in total. The van der Waals surface area contributed by atoms with Crippen LogP contribution in [0.5, 0.6) is 0 Å². The molecule has 0 aliphatic carbocycles. The zero-order valence-electron chi connectivity index (χ0n) is 13.0. The first kappa shape index (κ1) is 16.0. The number of amides is 1. The first-order valence-corrected chi connectivity index (χ1v) is 7.11. The van der Waals surface area contributed by atoms with Gasteiger partial charge in [0.15, 0.2) is 0 Å². The van der Waals surface area contributed by atoms with Crippen LogP contribution in [0, 0.1) is 0 Å². The Morgan fingerprint density at radius 1 is 1.33 bits per heavy atom. The number of esters is 1. The Morgan fingerprint density at radius 2 is 2.00 bits per heavy atom. The van der Waals surface area contributed by atoms with E-state index in [1.807, 2.05) is 0 Å². The summed E-state index contributed by atoms with van der Waals surface area (Å²) >= 11 is 0. The van der Waals surface area contributed by atoms with Crippen molar-refractivity contribution in [2.45, 2.75) is 51.0 Å². The molecule has 2 fully saturated rings. The number of carbonyl (C=O) groups excluding carboxylic acids is 2. The van der Waals surface area contributed by atoms with Crippen molar-refractivity contribution in [3.8, 4) is 0 Å². The molecule has 3 atom stereocenters. The summed E-state index contributed by atoms with van der Waals surface area (Å²) in [5, 5.41) is 0. The molecule has 2 aliphatic rings. The van der Waals surface area contributed by atoms with Crippen molar-refractivity contribution in [3.05, 3.63) is 0 Å². The highest BCUT2D eigenvalue weighted by Gasteiger charge is 2.43. The van der Waals surface area contributed by atoms with E-state index < -0.39 is 23.7 Å². The third-order valence-corrected chi connectivity index (χ3v) is 3.28. The molecule has 0 radical (unpaired) electrons. The van der Waals surface area contributed by atoms with E-state index in [9.17, 15) is 9.59 Å². The van der Waals surface area contributed by atoms with E-state index >= 15 is 0 Å². The van der Waals surface area contributed by atoms with Gasteiger partial charge in [0.2, 0.25) is 0 Å². The second-order valence-electron chi connectivity index (χ2n) is 6.32. The molecule has 0 saturated carbocycles. The Balaban J connectivity index is 1.97. The molecular weight excluding hydrogens is 278 g/mol. The standard InChI is InChI=1S/C14H23NO6/c1-14(2,3)21-13(17)15-6-9(19-7-10-8-20-10)5-11(15)12(16)18-4/h9-11H,5-8H2,1-4H3/t9-,10?,11-/m1/s1. The minimum Gasteiger partial charge on any atom is -0.467 e. The minimum absolute atomic E-state index is 0.150. The van der Waals surface area contributed by atoms with Crippen LogP contribution < -0.4 is 0 Å². The van der Waals surface area contributed by atoms with Crippen molar-refractivity contribution in [1.82, 2.24) is 4.90 Å². The van der Waals surface area contributed by atoms with Crippen LogP contribution in [0.4, 0.5) is 4.79 Å². The van der Waals surface area contributed by atoms with Crippen molar-refractivity contribution in [3.63, 3.8) is 0 Å². The van der Waals surface area contributed by atoms with E-state index in [0.717, 1.165) is 0 Å². The van der Waals surface area contributed by atoms with Gasteiger partial charge in [-0.25, -0.2) is 9.59 Å². The largest absolute Gasteiger partial charge is 0.467 e.